The van der Waals surface area contributed by atoms with Gasteiger partial charge in [0, 0.05) is 22.7 Å². The molecule has 1 amide bonds. The molecular formula is C21H23N3O6. The van der Waals surface area contributed by atoms with Gasteiger partial charge in [-0.1, -0.05) is 20.8 Å². The lowest BCUT2D eigenvalue weighted by Crippen LogP contribution is -2.27. The molecule has 3 N–H and O–H groups in total. The molecule has 0 radical (unpaired) electrons. The van der Waals surface area contributed by atoms with Gasteiger partial charge < -0.3 is 15.8 Å². The topological polar surface area (TPSA) is 142 Å². The second-order valence-corrected chi connectivity index (χ2v) is 7.72. The van der Waals surface area contributed by atoms with Crippen molar-refractivity contribution in [1.82, 2.24) is 0 Å². The monoisotopic (exact) mass is 413 g/mol. The minimum absolute atomic E-state index is 0.0840. The molecule has 0 aliphatic rings. The number of nitro benzene ring substituents is 1. The Hall–Kier alpha value is -3.75. The zero-order valence-corrected chi connectivity index (χ0v) is 17.1. The van der Waals surface area contributed by atoms with Crippen molar-refractivity contribution in [2.24, 2.45) is 5.41 Å². The van der Waals surface area contributed by atoms with Gasteiger partial charge in [-0.3, -0.25) is 19.7 Å². The van der Waals surface area contributed by atoms with Crippen LogP contribution in [0.1, 0.15) is 48.4 Å². The van der Waals surface area contributed by atoms with Crippen molar-refractivity contribution in [2.75, 3.05) is 11.1 Å². The molecule has 0 saturated heterocycles. The Balaban J connectivity index is 2.07. The molecule has 1 atom stereocenters. The summed E-state index contributed by atoms with van der Waals surface area (Å²) in [5.74, 6) is -1.50. The fourth-order valence-electron chi connectivity index (χ4n) is 2.38. The van der Waals surface area contributed by atoms with Gasteiger partial charge >= 0.3 is 5.97 Å². The highest BCUT2D eigenvalue weighted by Crippen LogP contribution is 2.23. The summed E-state index contributed by atoms with van der Waals surface area (Å²) in [6.07, 6.45) is -1.12. The van der Waals surface area contributed by atoms with Gasteiger partial charge in [0.1, 0.15) is 5.69 Å². The smallest absolute Gasteiger partial charge is 0.339 e. The number of ether oxygens (including phenoxy) is 1. The van der Waals surface area contributed by atoms with E-state index < -0.39 is 33.9 Å². The molecule has 0 spiro atoms. The molecule has 30 heavy (non-hydrogen) atoms. The summed E-state index contributed by atoms with van der Waals surface area (Å²) in [6, 6.07) is 9.70. The SMILES string of the molecule is C[C@H](OC(=O)c1ccc(N)c([N+](=O)[O-])c1)C(=O)c1ccc(NC(=O)C(C)(C)C)cc1. The van der Waals surface area contributed by atoms with Gasteiger partial charge in [-0.05, 0) is 43.3 Å². The maximum Gasteiger partial charge on any atom is 0.339 e. The third-order valence-electron chi connectivity index (χ3n) is 4.22. The molecule has 2 aromatic rings. The fraction of sp³-hybridized carbons (Fsp3) is 0.286. The van der Waals surface area contributed by atoms with E-state index >= 15 is 0 Å². The number of carbonyl (C=O) groups excluding carboxylic acids is 3. The zero-order chi connectivity index (χ0) is 22.6. The van der Waals surface area contributed by atoms with Crippen LogP contribution in [0.4, 0.5) is 17.1 Å². The van der Waals surface area contributed by atoms with Crippen molar-refractivity contribution in [3.05, 3.63) is 63.7 Å². The summed E-state index contributed by atoms with van der Waals surface area (Å²) >= 11 is 0. The predicted molar refractivity (Wildman–Crippen MR) is 111 cm³/mol. The first-order chi connectivity index (χ1) is 13.9. The van der Waals surface area contributed by atoms with E-state index in [2.05, 4.69) is 5.32 Å². The molecule has 0 aliphatic carbocycles. The molecule has 158 valence electrons. The normalized spacial score (nSPS) is 12.0. The number of ketones is 1. The van der Waals surface area contributed by atoms with E-state index in [0.29, 0.717) is 5.69 Å². The van der Waals surface area contributed by atoms with Crippen molar-refractivity contribution < 1.29 is 24.0 Å². The lowest BCUT2D eigenvalue weighted by molar-refractivity contribution is -0.383. The molecule has 0 heterocycles. The van der Waals surface area contributed by atoms with Crippen LogP contribution in [-0.2, 0) is 9.53 Å². The van der Waals surface area contributed by atoms with Gasteiger partial charge in [-0.15, -0.1) is 0 Å². The van der Waals surface area contributed by atoms with Crippen LogP contribution >= 0.6 is 0 Å². The lowest BCUT2D eigenvalue weighted by Gasteiger charge is -2.18. The van der Waals surface area contributed by atoms with Crippen molar-refractivity contribution in [2.45, 2.75) is 33.8 Å². The molecule has 0 unspecified atom stereocenters. The molecule has 0 aromatic heterocycles. The maximum atomic E-state index is 12.5. The van der Waals surface area contributed by atoms with Gasteiger partial charge in [0.05, 0.1) is 10.5 Å². The summed E-state index contributed by atoms with van der Waals surface area (Å²) in [7, 11) is 0. The number of carbonyl (C=O) groups is 3. The number of nitrogens with one attached hydrogen (secondary N) is 1. The Labute approximate surface area is 173 Å². The number of rotatable bonds is 6. The van der Waals surface area contributed by atoms with Crippen LogP contribution < -0.4 is 11.1 Å². The quantitative estimate of drug-likeness (QED) is 0.242. The molecule has 0 fully saturated rings. The standard InChI is InChI=1S/C21H23N3O6/c1-12(30-19(26)14-7-10-16(22)17(11-14)24(28)29)18(25)13-5-8-15(9-6-13)23-20(27)21(2,3)4/h5-12H,22H2,1-4H3,(H,23,27)/t12-/m0/s1. The Morgan fingerprint density at radius 3 is 2.17 bits per heavy atom. The molecular weight excluding hydrogens is 390 g/mol. The molecule has 0 aliphatic heterocycles. The number of hydrogen-bond acceptors (Lipinski definition) is 7. The van der Waals surface area contributed by atoms with Crippen molar-refractivity contribution in [3.63, 3.8) is 0 Å². The number of amides is 1. The molecule has 2 aromatic carbocycles. The minimum Gasteiger partial charge on any atom is -0.451 e. The molecule has 0 bridgehead atoms. The van der Waals surface area contributed by atoms with Crippen molar-refractivity contribution in [1.29, 1.82) is 0 Å². The van der Waals surface area contributed by atoms with E-state index in [1.807, 2.05) is 0 Å². The summed E-state index contributed by atoms with van der Waals surface area (Å²) in [6.45, 7) is 6.76. The van der Waals surface area contributed by atoms with Crippen molar-refractivity contribution >= 4 is 34.7 Å². The van der Waals surface area contributed by atoms with E-state index in [0.717, 1.165) is 6.07 Å². The first-order valence-corrected chi connectivity index (χ1v) is 9.11. The maximum absolute atomic E-state index is 12.5. The zero-order valence-electron chi connectivity index (χ0n) is 17.1. The number of hydrogen-bond donors (Lipinski definition) is 2. The number of esters is 1. The van der Waals surface area contributed by atoms with Gasteiger partial charge in [-0.25, -0.2) is 4.79 Å². The second-order valence-electron chi connectivity index (χ2n) is 7.72. The number of anilines is 2. The molecule has 0 saturated carbocycles. The highest BCUT2D eigenvalue weighted by molar-refractivity contribution is 6.02. The van der Waals surface area contributed by atoms with Crippen molar-refractivity contribution in [3.8, 4) is 0 Å². The Bertz CT molecular complexity index is 993. The Morgan fingerprint density at radius 1 is 1.07 bits per heavy atom. The summed E-state index contributed by atoms with van der Waals surface area (Å²) in [5.41, 5.74) is 5.17. The third kappa shape index (κ3) is 5.40. The van der Waals surface area contributed by atoms with Gasteiger partial charge in [0.25, 0.3) is 5.69 Å². The van der Waals surface area contributed by atoms with Crippen LogP contribution in [0, 0.1) is 15.5 Å². The van der Waals surface area contributed by atoms with Crippen LogP contribution in [-0.4, -0.2) is 28.7 Å². The van der Waals surface area contributed by atoms with E-state index in [1.54, 1.807) is 32.9 Å². The highest BCUT2D eigenvalue weighted by atomic mass is 16.6. The van der Waals surface area contributed by atoms with Crippen LogP contribution in [0.25, 0.3) is 0 Å². The van der Waals surface area contributed by atoms with E-state index in [1.165, 1.54) is 31.2 Å². The largest absolute Gasteiger partial charge is 0.451 e. The summed E-state index contributed by atoms with van der Waals surface area (Å²) in [4.78, 5) is 47.1. The third-order valence-corrected chi connectivity index (χ3v) is 4.22. The molecule has 9 heteroatoms. The van der Waals surface area contributed by atoms with Crippen LogP contribution in [0.3, 0.4) is 0 Å². The highest BCUT2D eigenvalue weighted by Gasteiger charge is 2.24. The summed E-state index contributed by atoms with van der Waals surface area (Å²) < 4.78 is 5.15. The minimum atomic E-state index is -1.12. The lowest BCUT2D eigenvalue weighted by atomic mass is 9.95. The van der Waals surface area contributed by atoms with Crippen LogP contribution in [0.5, 0.6) is 0 Å². The van der Waals surface area contributed by atoms with E-state index in [9.17, 15) is 24.5 Å². The van der Waals surface area contributed by atoms with Gasteiger partial charge in [-0.2, -0.15) is 0 Å². The van der Waals surface area contributed by atoms with E-state index in [-0.39, 0.29) is 22.7 Å². The van der Waals surface area contributed by atoms with Gasteiger partial charge in [0.15, 0.2) is 6.10 Å². The second kappa shape index (κ2) is 8.73. The number of nitrogen functional groups attached to an aromatic ring is 1. The first-order valence-electron chi connectivity index (χ1n) is 9.11. The molecule has 9 nitrogen and oxygen atoms in total. The number of nitrogens with zero attached hydrogens (tertiary/aromatic N) is 1. The Morgan fingerprint density at radius 2 is 1.63 bits per heavy atom. The number of benzene rings is 2. The van der Waals surface area contributed by atoms with Gasteiger partial charge in [0.2, 0.25) is 11.7 Å². The fourth-order valence-corrected chi connectivity index (χ4v) is 2.38. The molecule has 2 rings (SSSR count). The number of nitro groups is 1. The Kier molecular flexibility index (Phi) is 6.56. The predicted octanol–water partition coefficient (Wildman–Crippen LogP) is 3.59. The number of Topliss-reactive ketones (excluding diaryl/α,β-unsaturated/α-hetero) is 1. The summed E-state index contributed by atoms with van der Waals surface area (Å²) in [5, 5.41) is 13.7. The average molecular weight is 413 g/mol. The average Bonchev–Trinajstić information content (AvgIpc) is 2.67. The first kappa shape index (κ1) is 22.5. The van der Waals surface area contributed by atoms with E-state index in [4.69, 9.17) is 10.5 Å². The van der Waals surface area contributed by atoms with Crippen LogP contribution in [0.15, 0.2) is 42.5 Å². The van der Waals surface area contributed by atoms with Crippen LogP contribution in [0.2, 0.25) is 0 Å². The number of nitrogens with two attached hydrogens (primary N) is 1.